The fraction of sp³-hybridized carbons (Fsp3) is 0.500. The standard InChI is InChI=1S/C4BrF7/c5-1(2(6)7)3(8,9)4(10,11)12. The summed E-state index contributed by atoms with van der Waals surface area (Å²) in [6.07, 6.45) is -9.12. The Hall–Kier alpha value is -0.270. The summed E-state index contributed by atoms with van der Waals surface area (Å²) in [5, 5.41) is 0. The highest BCUT2D eigenvalue weighted by molar-refractivity contribution is 9.11. The van der Waals surface area contributed by atoms with Crippen LogP contribution < -0.4 is 0 Å². The van der Waals surface area contributed by atoms with Gasteiger partial charge in [0, 0.05) is 0 Å². The van der Waals surface area contributed by atoms with E-state index in [1.165, 1.54) is 15.9 Å². The van der Waals surface area contributed by atoms with Gasteiger partial charge in [-0.25, -0.2) is 0 Å². The van der Waals surface area contributed by atoms with E-state index in [2.05, 4.69) is 0 Å². The third-order valence-corrected chi connectivity index (χ3v) is 1.60. The minimum atomic E-state index is -6.02. The Labute approximate surface area is 70.2 Å². The highest BCUT2D eigenvalue weighted by Gasteiger charge is 2.61. The minimum absolute atomic E-state index is 1.46. The van der Waals surface area contributed by atoms with Gasteiger partial charge in [0.2, 0.25) is 0 Å². The van der Waals surface area contributed by atoms with E-state index in [0.717, 1.165) is 0 Å². The van der Waals surface area contributed by atoms with Crippen molar-refractivity contribution in [3.8, 4) is 0 Å². The highest BCUT2D eigenvalue weighted by Crippen LogP contribution is 2.45. The molecular formula is C4BrF7. The second kappa shape index (κ2) is 3.23. The first kappa shape index (κ1) is 11.7. The maximum Gasteiger partial charge on any atom is 0.458 e. The zero-order valence-electron chi connectivity index (χ0n) is 5.02. The van der Waals surface area contributed by atoms with E-state index in [4.69, 9.17) is 0 Å². The van der Waals surface area contributed by atoms with Gasteiger partial charge in [-0.15, -0.1) is 0 Å². The maximum absolute atomic E-state index is 11.9. The fourth-order valence-electron chi connectivity index (χ4n) is 0.243. The molecule has 0 bridgehead atoms. The van der Waals surface area contributed by atoms with E-state index in [1.54, 1.807) is 0 Å². The van der Waals surface area contributed by atoms with Crippen LogP contribution in [0.15, 0.2) is 10.6 Å². The number of rotatable bonds is 1. The minimum Gasteiger partial charge on any atom is -0.190 e. The molecule has 0 aromatic heterocycles. The molecule has 0 aromatic carbocycles. The van der Waals surface area contributed by atoms with Gasteiger partial charge in [0.15, 0.2) is 0 Å². The Morgan fingerprint density at radius 2 is 1.25 bits per heavy atom. The quantitative estimate of drug-likeness (QED) is 0.631. The molecule has 0 aromatic rings. The summed E-state index contributed by atoms with van der Waals surface area (Å²) >= 11 is 1.46. The Kier molecular flexibility index (Phi) is 3.16. The summed E-state index contributed by atoms with van der Waals surface area (Å²) in [7, 11) is 0. The van der Waals surface area contributed by atoms with Gasteiger partial charge in [-0.05, 0) is 15.9 Å². The molecule has 0 N–H and O–H groups in total. The lowest BCUT2D eigenvalue weighted by atomic mass is 10.3. The van der Waals surface area contributed by atoms with Gasteiger partial charge >= 0.3 is 12.1 Å². The lowest BCUT2D eigenvalue weighted by Gasteiger charge is -2.17. The topological polar surface area (TPSA) is 0 Å². The zero-order valence-corrected chi connectivity index (χ0v) is 6.61. The van der Waals surface area contributed by atoms with Crippen LogP contribution in [0.2, 0.25) is 0 Å². The molecule has 0 nitrogen and oxygen atoms in total. The molecule has 0 unspecified atom stereocenters. The molecule has 0 saturated heterocycles. The first-order chi connectivity index (χ1) is 5.10. The summed E-state index contributed by atoms with van der Waals surface area (Å²) in [5.41, 5.74) is 0. The Morgan fingerprint density at radius 1 is 0.917 bits per heavy atom. The van der Waals surface area contributed by atoms with Crippen molar-refractivity contribution in [2.75, 3.05) is 0 Å². The van der Waals surface area contributed by atoms with Crippen molar-refractivity contribution >= 4 is 15.9 Å². The van der Waals surface area contributed by atoms with Crippen LogP contribution in [0.4, 0.5) is 30.7 Å². The molecule has 0 spiro atoms. The third-order valence-electron chi connectivity index (χ3n) is 0.798. The molecule has 0 saturated carbocycles. The Morgan fingerprint density at radius 3 is 1.33 bits per heavy atom. The van der Waals surface area contributed by atoms with Crippen LogP contribution in [0.5, 0.6) is 0 Å². The lowest BCUT2D eigenvalue weighted by molar-refractivity contribution is -0.261. The number of halogens is 8. The van der Waals surface area contributed by atoms with E-state index >= 15 is 0 Å². The summed E-state index contributed by atoms with van der Waals surface area (Å²) in [4.78, 5) is 0. The number of hydrogen-bond acceptors (Lipinski definition) is 0. The Bertz CT molecular complexity index is 198. The van der Waals surface area contributed by atoms with E-state index in [1.807, 2.05) is 0 Å². The number of alkyl halides is 5. The van der Waals surface area contributed by atoms with Crippen molar-refractivity contribution < 1.29 is 30.7 Å². The van der Waals surface area contributed by atoms with Crippen LogP contribution in [0.25, 0.3) is 0 Å². The van der Waals surface area contributed by atoms with Gasteiger partial charge in [-0.2, -0.15) is 30.7 Å². The molecule has 0 aliphatic heterocycles. The SMILES string of the molecule is FC(F)=C(Br)C(F)(F)C(F)(F)F. The molecular weight excluding hydrogens is 261 g/mol. The zero-order chi connectivity index (χ0) is 10.2. The fourth-order valence-corrected chi connectivity index (χ4v) is 0.468. The second-order valence-electron chi connectivity index (χ2n) is 1.65. The summed E-state index contributed by atoms with van der Waals surface area (Å²) < 4.78 is 77.8. The summed E-state index contributed by atoms with van der Waals surface area (Å²) in [6, 6.07) is 0. The van der Waals surface area contributed by atoms with Crippen LogP contribution in [0.1, 0.15) is 0 Å². The molecule has 0 heterocycles. The first-order valence-electron chi connectivity index (χ1n) is 2.26. The average molecular weight is 261 g/mol. The Balaban J connectivity index is 5.01. The molecule has 0 amide bonds. The number of allylic oxidation sites excluding steroid dienone is 1. The van der Waals surface area contributed by atoms with Gasteiger partial charge < -0.3 is 0 Å². The van der Waals surface area contributed by atoms with Crippen LogP contribution >= 0.6 is 15.9 Å². The van der Waals surface area contributed by atoms with Gasteiger partial charge in [0.25, 0.3) is 6.08 Å². The monoisotopic (exact) mass is 260 g/mol. The van der Waals surface area contributed by atoms with Crippen molar-refractivity contribution in [3.63, 3.8) is 0 Å². The van der Waals surface area contributed by atoms with E-state index in [0.29, 0.717) is 0 Å². The van der Waals surface area contributed by atoms with Crippen molar-refractivity contribution in [2.24, 2.45) is 0 Å². The normalized spacial score (nSPS) is 13.0. The summed E-state index contributed by atoms with van der Waals surface area (Å²) in [5.74, 6) is -5.54. The smallest absolute Gasteiger partial charge is 0.190 e. The van der Waals surface area contributed by atoms with Crippen LogP contribution in [-0.2, 0) is 0 Å². The molecule has 12 heavy (non-hydrogen) atoms. The van der Waals surface area contributed by atoms with Crippen molar-refractivity contribution in [3.05, 3.63) is 10.6 Å². The van der Waals surface area contributed by atoms with E-state index in [9.17, 15) is 30.7 Å². The maximum atomic E-state index is 11.9. The summed E-state index contributed by atoms with van der Waals surface area (Å²) in [6.45, 7) is 0. The van der Waals surface area contributed by atoms with Crippen molar-refractivity contribution in [2.45, 2.75) is 12.1 Å². The molecule has 72 valence electrons. The second-order valence-corrected chi connectivity index (χ2v) is 2.44. The van der Waals surface area contributed by atoms with Gasteiger partial charge in [-0.3, -0.25) is 0 Å². The predicted molar refractivity (Wildman–Crippen MR) is 29.2 cm³/mol. The molecule has 0 rings (SSSR count). The number of hydrogen-bond donors (Lipinski definition) is 0. The molecule has 0 atom stereocenters. The van der Waals surface area contributed by atoms with Crippen LogP contribution in [-0.4, -0.2) is 12.1 Å². The molecule has 0 radical (unpaired) electrons. The van der Waals surface area contributed by atoms with E-state index in [-0.39, 0.29) is 0 Å². The molecule has 0 fully saturated rings. The predicted octanol–water partition coefficient (Wildman–Crippen LogP) is 3.69. The largest absolute Gasteiger partial charge is 0.458 e. The van der Waals surface area contributed by atoms with Crippen LogP contribution in [0, 0.1) is 0 Å². The van der Waals surface area contributed by atoms with Gasteiger partial charge in [0.05, 0.1) is 0 Å². The van der Waals surface area contributed by atoms with Gasteiger partial charge in [0.1, 0.15) is 4.48 Å². The lowest BCUT2D eigenvalue weighted by Crippen LogP contribution is -2.36. The first-order valence-corrected chi connectivity index (χ1v) is 3.05. The molecule has 0 aliphatic carbocycles. The third kappa shape index (κ3) is 2.11. The molecule has 0 aliphatic rings. The average Bonchev–Trinajstić information content (AvgIpc) is 1.83. The van der Waals surface area contributed by atoms with Gasteiger partial charge in [-0.1, -0.05) is 0 Å². The van der Waals surface area contributed by atoms with Crippen molar-refractivity contribution in [1.82, 2.24) is 0 Å². The highest BCUT2D eigenvalue weighted by atomic mass is 79.9. The van der Waals surface area contributed by atoms with Crippen molar-refractivity contribution in [1.29, 1.82) is 0 Å². The molecule has 8 heteroatoms. The van der Waals surface area contributed by atoms with Crippen LogP contribution in [0.3, 0.4) is 0 Å². The van der Waals surface area contributed by atoms with E-state index < -0.39 is 22.7 Å².